The third-order valence-corrected chi connectivity index (χ3v) is 5.38. The molecule has 1 aromatic heterocycles. The van der Waals surface area contributed by atoms with Crippen LogP contribution >= 0.6 is 11.3 Å². The SMILES string of the molecule is COc1ccc(C)cc1S(=O)(=O)OCCCNC(=O)c1cccs1. The minimum absolute atomic E-state index is 0.00706. The maximum absolute atomic E-state index is 12.3. The third-order valence-electron chi connectivity index (χ3n) is 3.18. The molecular weight excluding hydrogens is 350 g/mol. The molecule has 1 aromatic carbocycles. The van der Waals surface area contributed by atoms with Gasteiger partial charge in [-0.1, -0.05) is 12.1 Å². The van der Waals surface area contributed by atoms with E-state index in [-0.39, 0.29) is 23.2 Å². The van der Waals surface area contributed by atoms with Gasteiger partial charge in [0, 0.05) is 6.54 Å². The first-order valence-electron chi connectivity index (χ1n) is 7.30. The number of methoxy groups -OCH3 is 1. The van der Waals surface area contributed by atoms with Crippen molar-refractivity contribution in [1.29, 1.82) is 0 Å². The third kappa shape index (κ3) is 4.80. The van der Waals surface area contributed by atoms with Gasteiger partial charge in [-0.3, -0.25) is 8.98 Å². The first kappa shape index (κ1) is 18.4. The quantitative estimate of drug-likeness (QED) is 0.571. The Bertz CT molecular complexity index is 785. The van der Waals surface area contributed by atoms with Crippen LogP contribution in [0.1, 0.15) is 21.7 Å². The zero-order chi connectivity index (χ0) is 17.6. The molecule has 1 amide bonds. The lowest BCUT2D eigenvalue weighted by Gasteiger charge is -2.10. The summed E-state index contributed by atoms with van der Waals surface area (Å²) in [6.45, 7) is 2.10. The van der Waals surface area contributed by atoms with Crippen LogP contribution < -0.4 is 10.1 Å². The van der Waals surface area contributed by atoms with Crippen LogP contribution in [-0.2, 0) is 14.3 Å². The van der Waals surface area contributed by atoms with Crippen LogP contribution in [0.5, 0.6) is 5.75 Å². The summed E-state index contributed by atoms with van der Waals surface area (Å²) in [7, 11) is -2.50. The second-order valence-corrected chi connectivity index (χ2v) is 7.55. The van der Waals surface area contributed by atoms with Gasteiger partial charge in [-0.15, -0.1) is 11.3 Å². The van der Waals surface area contributed by atoms with Crippen molar-refractivity contribution in [3.05, 3.63) is 46.2 Å². The van der Waals surface area contributed by atoms with Gasteiger partial charge < -0.3 is 10.1 Å². The Labute approximate surface area is 145 Å². The van der Waals surface area contributed by atoms with Crippen LogP contribution in [0.25, 0.3) is 0 Å². The van der Waals surface area contributed by atoms with Crippen LogP contribution in [-0.4, -0.2) is 34.6 Å². The van der Waals surface area contributed by atoms with Crippen molar-refractivity contribution in [3.8, 4) is 5.75 Å². The molecule has 0 aliphatic rings. The Hall–Kier alpha value is -1.90. The molecule has 8 heteroatoms. The van der Waals surface area contributed by atoms with Gasteiger partial charge in [0.15, 0.2) is 0 Å². The monoisotopic (exact) mass is 369 g/mol. The van der Waals surface area contributed by atoms with E-state index in [1.54, 1.807) is 31.2 Å². The molecule has 2 aromatic rings. The molecule has 1 N–H and O–H groups in total. The second-order valence-electron chi connectivity index (χ2n) is 5.02. The van der Waals surface area contributed by atoms with Gasteiger partial charge in [-0.2, -0.15) is 8.42 Å². The molecule has 0 unspecified atom stereocenters. The highest BCUT2D eigenvalue weighted by Gasteiger charge is 2.20. The molecule has 6 nitrogen and oxygen atoms in total. The Morgan fingerprint density at radius 2 is 2.08 bits per heavy atom. The number of carbonyl (C=O) groups excluding carboxylic acids is 1. The molecule has 0 bridgehead atoms. The fourth-order valence-corrected chi connectivity index (χ4v) is 3.81. The summed E-state index contributed by atoms with van der Waals surface area (Å²) in [5.74, 6) is 0.0693. The van der Waals surface area contributed by atoms with Gasteiger partial charge in [0.1, 0.15) is 10.6 Å². The average molecular weight is 369 g/mol. The minimum atomic E-state index is -3.91. The van der Waals surface area contributed by atoms with Gasteiger partial charge in [0.2, 0.25) is 0 Å². The predicted octanol–water partition coefficient (Wildman–Crippen LogP) is 2.59. The molecule has 130 valence electrons. The molecule has 24 heavy (non-hydrogen) atoms. The number of nitrogens with one attached hydrogen (secondary N) is 1. The molecule has 0 radical (unpaired) electrons. The highest BCUT2D eigenvalue weighted by atomic mass is 32.2. The summed E-state index contributed by atoms with van der Waals surface area (Å²) in [5.41, 5.74) is 0.793. The van der Waals surface area contributed by atoms with E-state index in [1.165, 1.54) is 24.5 Å². The molecule has 0 saturated heterocycles. The number of rotatable bonds is 8. The zero-order valence-corrected chi connectivity index (χ0v) is 15.1. The van der Waals surface area contributed by atoms with Crippen LogP contribution in [0.4, 0.5) is 0 Å². The van der Waals surface area contributed by atoms with E-state index in [0.717, 1.165) is 5.56 Å². The minimum Gasteiger partial charge on any atom is -0.495 e. The lowest BCUT2D eigenvalue weighted by molar-refractivity contribution is 0.0956. The lowest BCUT2D eigenvalue weighted by Crippen LogP contribution is -2.24. The molecule has 0 fully saturated rings. The summed E-state index contributed by atoms with van der Waals surface area (Å²) in [4.78, 5) is 12.4. The fraction of sp³-hybridized carbons (Fsp3) is 0.312. The van der Waals surface area contributed by atoms with E-state index in [0.29, 0.717) is 17.8 Å². The normalized spacial score (nSPS) is 11.2. The number of thiophene rings is 1. The largest absolute Gasteiger partial charge is 0.495 e. The first-order valence-corrected chi connectivity index (χ1v) is 9.58. The van der Waals surface area contributed by atoms with E-state index in [2.05, 4.69) is 5.32 Å². The zero-order valence-electron chi connectivity index (χ0n) is 13.4. The smallest absolute Gasteiger partial charge is 0.300 e. The molecule has 0 aliphatic heterocycles. The Kier molecular flexibility index (Phi) is 6.36. The number of hydrogen-bond donors (Lipinski definition) is 1. The van der Waals surface area contributed by atoms with Crippen molar-refractivity contribution in [2.24, 2.45) is 0 Å². The maximum Gasteiger partial charge on any atom is 0.300 e. The number of hydrogen-bond acceptors (Lipinski definition) is 6. The van der Waals surface area contributed by atoms with Crippen molar-refractivity contribution in [2.45, 2.75) is 18.2 Å². The topological polar surface area (TPSA) is 81.7 Å². The van der Waals surface area contributed by atoms with Crippen molar-refractivity contribution in [2.75, 3.05) is 20.3 Å². The van der Waals surface area contributed by atoms with Crippen molar-refractivity contribution >= 4 is 27.4 Å². The summed E-state index contributed by atoms with van der Waals surface area (Å²) in [6.07, 6.45) is 0.379. The highest BCUT2D eigenvalue weighted by molar-refractivity contribution is 7.86. The van der Waals surface area contributed by atoms with Crippen LogP contribution in [0.15, 0.2) is 40.6 Å². The van der Waals surface area contributed by atoms with Gasteiger partial charge >= 0.3 is 10.1 Å². The van der Waals surface area contributed by atoms with Crippen molar-refractivity contribution in [3.63, 3.8) is 0 Å². The molecule has 1 heterocycles. The molecule has 2 rings (SSSR count). The summed E-state index contributed by atoms with van der Waals surface area (Å²) >= 11 is 1.35. The summed E-state index contributed by atoms with van der Waals surface area (Å²) in [5, 5.41) is 4.53. The highest BCUT2D eigenvalue weighted by Crippen LogP contribution is 2.26. The van der Waals surface area contributed by atoms with E-state index < -0.39 is 10.1 Å². The van der Waals surface area contributed by atoms with Crippen LogP contribution in [0.2, 0.25) is 0 Å². The van der Waals surface area contributed by atoms with Gasteiger partial charge in [0.05, 0.1) is 18.6 Å². The number of carbonyl (C=O) groups is 1. The van der Waals surface area contributed by atoms with E-state index in [1.807, 2.05) is 5.38 Å². The Balaban J connectivity index is 1.85. The lowest BCUT2D eigenvalue weighted by atomic mass is 10.2. The Morgan fingerprint density at radius 1 is 1.29 bits per heavy atom. The molecule has 0 saturated carbocycles. The number of amides is 1. The number of aryl methyl sites for hydroxylation is 1. The van der Waals surface area contributed by atoms with Crippen molar-refractivity contribution < 1.29 is 22.1 Å². The molecule has 0 aliphatic carbocycles. The van der Waals surface area contributed by atoms with Gasteiger partial charge in [0.25, 0.3) is 5.91 Å². The van der Waals surface area contributed by atoms with E-state index >= 15 is 0 Å². The Morgan fingerprint density at radius 3 is 2.75 bits per heavy atom. The molecular formula is C16H19NO5S2. The average Bonchev–Trinajstić information content (AvgIpc) is 3.09. The number of ether oxygens (including phenoxy) is 1. The predicted molar refractivity (Wildman–Crippen MR) is 92.1 cm³/mol. The molecule has 0 spiro atoms. The summed E-state index contributed by atoms with van der Waals surface area (Å²) in [6, 6.07) is 8.38. The number of benzene rings is 1. The second kappa shape index (κ2) is 8.27. The maximum atomic E-state index is 12.3. The van der Waals surface area contributed by atoms with Gasteiger partial charge in [-0.25, -0.2) is 0 Å². The van der Waals surface area contributed by atoms with Crippen molar-refractivity contribution in [1.82, 2.24) is 5.32 Å². The van der Waals surface area contributed by atoms with E-state index in [4.69, 9.17) is 8.92 Å². The van der Waals surface area contributed by atoms with E-state index in [9.17, 15) is 13.2 Å². The van der Waals surface area contributed by atoms with Crippen LogP contribution in [0.3, 0.4) is 0 Å². The van der Waals surface area contributed by atoms with Gasteiger partial charge in [-0.05, 0) is 42.5 Å². The fourth-order valence-electron chi connectivity index (χ4n) is 1.98. The summed E-state index contributed by atoms with van der Waals surface area (Å²) < 4.78 is 34.6. The standard InChI is InChI=1S/C16H19NO5S2/c1-12-6-7-13(21-2)15(11-12)24(19,20)22-9-4-8-17-16(18)14-5-3-10-23-14/h3,5-7,10-11H,4,8-9H2,1-2H3,(H,17,18). The first-order chi connectivity index (χ1) is 11.4. The van der Waals surface area contributed by atoms with Crippen LogP contribution in [0, 0.1) is 6.92 Å². The molecule has 0 atom stereocenters.